The van der Waals surface area contributed by atoms with Crippen LogP contribution in [0, 0.1) is 0 Å². The number of halogens is 2. The van der Waals surface area contributed by atoms with Gasteiger partial charge in [-0.2, -0.15) is 5.10 Å². The second-order valence-corrected chi connectivity index (χ2v) is 6.37. The van der Waals surface area contributed by atoms with Gasteiger partial charge in [0.25, 0.3) is 5.91 Å². The van der Waals surface area contributed by atoms with Crippen molar-refractivity contribution in [2.24, 2.45) is 7.05 Å². The zero-order valence-corrected chi connectivity index (χ0v) is 13.5. The summed E-state index contributed by atoms with van der Waals surface area (Å²) in [6, 6.07) is 8.84. The maximum Gasteiger partial charge on any atom is 0.339 e. The summed E-state index contributed by atoms with van der Waals surface area (Å²) in [6.45, 7) is -0.00429. The first-order valence-corrected chi connectivity index (χ1v) is 7.71. The van der Waals surface area contributed by atoms with Crippen LogP contribution >= 0.6 is 0 Å². The molecule has 1 aromatic heterocycles. The van der Waals surface area contributed by atoms with Crippen molar-refractivity contribution in [3.63, 3.8) is 0 Å². The van der Waals surface area contributed by atoms with Crippen LogP contribution in [0.25, 0.3) is 0 Å². The highest BCUT2D eigenvalue weighted by Gasteiger charge is 2.57. The number of carboxylic acid groups (broad SMARTS) is 1. The summed E-state index contributed by atoms with van der Waals surface area (Å²) in [5, 5.41) is 15.5. The molecule has 0 unspecified atom stereocenters. The average molecular weight is 349 g/mol. The minimum Gasteiger partial charge on any atom is -0.478 e. The Balaban J connectivity index is 1.80. The molecule has 6 nitrogen and oxygen atoms in total. The third-order valence-electron chi connectivity index (χ3n) is 4.55. The molecule has 132 valence electrons. The summed E-state index contributed by atoms with van der Waals surface area (Å²) >= 11 is 0. The molecule has 1 amide bonds. The van der Waals surface area contributed by atoms with Gasteiger partial charge in [-0.25, -0.2) is 13.6 Å². The van der Waals surface area contributed by atoms with E-state index < -0.39 is 23.2 Å². The molecule has 8 heteroatoms. The van der Waals surface area contributed by atoms with E-state index >= 15 is 0 Å². The van der Waals surface area contributed by atoms with Crippen LogP contribution in [0.15, 0.2) is 36.5 Å². The second-order valence-electron chi connectivity index (χ2n) is 6.37. The zero-order valence-electron chi connectivity index (χ0n) is 13.5. The van der Waals surface area contributed by atoms with E-state index in [2.05, 4.69) is 10.4 Å². The summed E-state index contributed by atoms with van der Waals surface area (Å²) in [7, 11) is 1.45. The van der Waals surface area contributed by atoms with Crippen molar-refractivity contribution in [2.75, 3.05) is 6.54 Å². The maximum absolute atomic E-state index is 13.5. The Morgan fingerprint density at radius 3 is 2.48 bits per heavy atom. The maximum atomic E-state index is 13.5. The Morgan fingerprint density at radius 1 is 1.28 bits per heavy atom. The van der Waals surface area contributed by atoms with Gasteiger partial charge in [-0.15, -0.1) is 0 Å². The van der Waals surface area contributed by atoms with E-state index in [1.165, 1.54) is 7.05 Å². The van der Waals surface area contributed by atoms with Gasteiger partial charge in [0.05, 0.1) is 6.20 Å². The first-order chi connectivity index (χ1) is 11.7. The minimum atomic E-state index is -2.76. The molecule has 2 N–H and O–H groups in total. The summed E-state index contributed by atoms with van der Waals surface area (Å²) < 4.78 is 28.2. The van der Waals surface area contributed by atoms with E-state index in [9.17, 15) is 18.4 Å². The average Bonchev–Trinajstić information content (AvgIpc) is 2.93. The van der Waals surface area contributed by atoms with Crippen molar-refractivity contribution >= 4 is 11.9 Å². The number of benzene rings is 1. The molecule has 0 bridgehead atoms. The topological polar surface area (TPSA) is 84.2 Å². The number of carbonyl (C=O) groups excluding carboxylic acids is 1. The molecule has 1 saturated carbocycles. The third kappa shape index (κ3) is 3.11. The quantitative estimate of drug-likeness (QED) is 0.867. The second kappa shape index (κ2) is 5.94. The molecule has 25 heavy (non-hydrogen) atoms. The Hall–Kier alpha value is -2.77. The fourth-order valence-electron chi connectivity index (χ4n) is 3.36. The molecule has 0 radical (unpaired) electrons. The lowest BCUT2D eigenvalue weighted by molar-refractivity contribution is -0.125. The van der Waals surface area contributed by atoms with E-state index in [1.807, 2.05) is 0 Å². The highest BCUT2D eigenvalue weighted by Crippen LogP contribution is 2.53. The fraction of sp³-hybridized carbons (Fsp3) is 0.353. The molecular weight excluding hydrogens is 332 g/mol. The van der Waals surface area contributed by atoms with Gasteiger partial charge in [-0.1, -0.05) is 30.3 Å². The van der Waals surface area contributed by atoms with Gasteiger partial charge in [-0.05, 0) is 5.56 Å². The molecule has 0 saturated heterocycles. The van der Waals surface area contributed by atoms with Crippen LogP contribution < -0.4 is 5.32 Å². The molecule has 1 aliphatic rings. The molecule has 1 fully saturated rings. The van der Waals surface area contributed by atoms with Gasteiger partial charge in [0.15, 0.2) is 0 Å². The van der Waals surface area contributed by atoms with Gasteiger partial charge >= 0.3 is 5.97 Å². The Labute approximate surface area is 142 Å². The van der Waals surface area contributed by atoms with Crippen LogP contribution in [0.4, 0.5) is 8.78 Å². The van der Waals surface area contributed by atoms with E-state index in [1.54, 1.807) is 30.3 Å². The molecule has 2 aromatic rings. The lowest BCUT2D eigenvalue weighted by atomic mass is 9.62. The van der Waals surface area contributed by atoms with Crippen LogP contribution in [0.1, 0.15) is 39.3 Å². The molecular formula is C17H17F2N3O3. The molecule has 0 atom stereocenters. The molecule has 1 heterocycles. The number of aromatic carboxylic acids is 1. The lowest BCUT2D eigenvalue weighted by Crippen LogP contribution is -2.55. The van der Waals surface area contributed by atoms with Crippen LogP contribution in [-0.4, -0.2) is 39.2 Å². The number of hydrogen-bond acceptors (Lipinski definition) is 3. The number of alkyl halides is 2. The fourth-order valence-corrected chi connectivity index (χ4v) is 3.36. The van der Waals surface area contributed by atoms with Crippen LogP contribution in [0.3, 0.4) is 0 Å². The minimum absolute atomic E-state index is 0.00429. The van der Waals surface area contributed by atoms with Crippen molar-refractivity contribution in [1.82, 2.24) is 15.1 Å². The predicted molar refractivity (Wildman–Crippen MR) is 84.8 cm³/mol. The Bertz CT molecular complexity index is 810. The number of carbonyl (C=O) groups is 2. The smallest absolute Gasteiger partial charge is 0.339 e. The number of rotatable bonds is 5. The normalized spacial score (nSPS) is 17.6. The largest absolute Gasteiger partial charge is 0.478 e. The van der Waals surface area contributed by atoms with Gasteiger partial charge in [0, 0.05) is 31.8 Å². The van der Waals surface area contributed by atoms with Gasteiger partial charge in [-0.3, -0.25) is 9.48 Å². The molecule has 1 aromatic carbocycles. The monoisotopic (exact) mass is 349 g/mol. The number of amides is 1. The summed E-state index contributed by atoms with van der Waals surface area (Å²) in [5.74, 6) is -4.69. The van der Waals surface area contributed by atoms with E-state index in [-0.39, 0.29) is 30.6 Å². The zero-order chi connectivity index (χ0) is 18.2. The molecule has 1 aliphatic carbocycles. The first kappa shape index (κ1) is 17.1. The van der Waals surface area contributed by atoms with Crippen molar-refractivity contribution in [3.8, 4) is 0 Å². The van der Waals surface area contributed by atoms with E-state index in [4.69, 9.17) is 5.11 Å². The standard InChI is InChI=1S/C17H17F2N3O3/c1-22-13(12(7-21-22)15(24)25)14(23)20-10-16(8-17(18,19)9-16)11-5-3-2-4-6-11/h2-7H,8-10H2,1H3,(H,20,23)(H,24,25). The van der Waals surface area contributed by atoms with Crippen LogP contribution in [-0.2, 0) is 12.5 Å². The lowest BCUT2D eigenvalue weighted by Gasteiger charge is -2.48. The molecule has 0 spiro atoms. The van der Waals surface area contributed by atoms with E-state index in [0.29, 0.717) is 0 Å². The predicted octanol–water partition coefficient (Wildman–Crippen LogP) is 2.22. The number of aryl methyl sites for hydroxylation is 1. The van der Waals surface area contributed by atoms with Gasteiger partial charge in [0.1, 0.15) is 11.3 Å². The Morgan fingerprint density at radius 2 is 1.92 bits per heavy atom. The Kier molecular flexibility index (Phi) is 4.06. The number of nitrogens with zero attached hydrogens (tertiary/aromatic N) is 2. The van der Waals surface area contributed by atoms with Gasteiger partial charge < -0.3 is 10.4 Å². The SMILES string of the molecule is Cn1ncc(C(=O)O)c1C(=O)NCC1(c2ccccc2)CC(F)(F)C1. The number of hydrogen-bond donors (Lipinski definition) is 2. The summed E-state index contributed by atoms with van der Waals surface area (Å²) in [6.07, 6.45) is 0.366. The van der Waals surface area contributed by atoms with Crippen molar-refractivity contribution in [3.05, 3.63) is 53.3 Å². The van der Waals surface area contributed by atoms with Crippen LogP contribution in [0.5, 0.6) is 0 Å². The highest BCUT2D eigenvalue weighted by atomic mass is 19.3. The third-order valence-corrected chi connectivity index (χ3v) is 4.55. The molecule has 3 rings (SSSR count). The van der Waals surface area contributed by atoms with Crippen LogP contribution in [0.2, 0.25) is 0 Å². The number of nitrogens with one attached hydrogen (secondary N) is 1. The first-order valence-electron chi connectivity index (χ1n) is 7.71. The summed E-state index contributed by atoms with van der Waals surface area (Å²) in [5.41, 5.74) is -0.471. The van der Waals surface area contributed by atoms with Gasteiger partial charge in [0.2, 0.25) is 5.92 Å². The number of carboxylic acids is 1. The summed E-state index contributed by atoms with van der Waals surface area (Å²) in [4.78, 5) is 23.6. The van der Waals surface area contributed by atoms with Crippen molar-refractivity contribution in [2.45, 2.75) is 24.2 Å². The number of aromatic nitrogens is 2. The highest BCUT2D eigenvalue weighted by molar-refractivity contribution is 6.03. The van der Waals surface area contributed by atoms with E-state index in [0.717, 1.165) is 16.4 Å². The van der Waals surface area contributed by atoms with Crippen molar-refractivity contribution in [1.29, 1.82) is 0 Å². The molecule has 0 aliphatic heterocycles. The van der Waals surface area contributed by atoms with Crippen molar-refractivity contribution < 1.29 is 23.5 Å².